The highest BCUT2D eigenvalue weighted by atomic mass is 16.2. The molecule has 0 atom stereocenters. The molecule has 2 rings (SSSR count). The molecule has 0 unspecified atom stereocenters. The first kappa shape index (κ1) is 15.1. The fourth-order valence-corrected chi connectivity index (χ4v) is 2.33. The van der Waals surface area contributed by atoms with Crippen molar-refractivity contribution >= 4 is 11.6 Å². The van der Waals surface area contributed by atoms with Crippen LogP contribution in [0.25, 0.3) is 0 Å². The maximum Gasteiger partial charge on any atom is 0.274 e. The van der Waals surface area contributed by atoms with Gasteiger partial charge in [0.25, 0.3) is 5.91 Å². The Morgan fingerprint density at radius 3 is 2.52 bits per heavy atom. The topological polar surface area (TPSA) is 64.2 Å². The average Bonchev–Trinajstić information content (AvgIpc) is 2.80. The largest absolute Gasteiger partial charge is 0.395 e. The zero-order valence-corrected chi connectivity index (χ0v) is 12.8. The van der Waals surface area contributed by atoms with Gasteiger partial charge in [0.1, 0.15) is 5.69 Å². The Morgan fingerprint density at radius 1 is 1.29 bits per heavy atom. The van der Waals surface area contributed by atoms with E-state index >= 15 is 0 Å². The van der Waals surface area contributed by atoms with E-state index in [1.165, 1.54) is 0 Å². The molecular formula is C16H22N4O. The molecule has 0 aliphatic heterocycles. The third-order valence-electron chi connectivity index (χ3n) is 3.56. The molecule has 0 aliphatic rings. The predicted molar refractivity (Wildman–Crippen MR) is 83.9 cm³/mol. The minimum Gasteiger partial charge on any atom is -0.395 e. The van der Waals surface area contributed by atoms with E-state index in [9.17, 15) is 4.79 Å². The van der Waals surface area contributed by atoms with Crippen LogP contribution in [0.15, 0.2) is 30.3 Å². The molecule has 5 heteroatoms. The standard InChI is InChI=1S/C16H22N4O/c1-4-19(11-13-9-7-6-8-10-13)16(21)15-14(17)12(3)18-20(15)5-2/h6-10H,4-5,11,17H2,1-3H3. The van der Waals surface area contributed by atoms with Gasteiger partial charge in [-0.05, 0) is 26.3 Å². The number of nitrogens with zero attached hydrogens (tertiary/aromatic N) is 3. The summed E-state index contributed by atoms with van der Waals surface area (Å²) in [5, 5.41) is 4.32. The smallest absolute Gasteiger partial charge is 0.274 e. The molecule has 112 valence electrons. The van der Waals surface area contributed by atoms with Crippen LogP contribution >= 0.6 is 0 Å². The lowest BCUT2D eigenvalue weighted by Crippen LogP contribution is -2.32. The summed E-state index contributed by atoms with van der Waals surface area (Å²) in [4.78, 5) is 14.6. The van der Waals surface area contributed by atoms with E-state index in [1.807, 2.05) is 51.1 Å². The maximum absolute atomic E-state index is 12.8. The summed E-state index contributed by atoms with van der Waals surface area (Å²) in [5.74, 6) is -0.0682. The van der Waals surface area contributed by atoms with Crippen LogP contribution in [0.4, 0.5) is 5.69 Å². The molecule has 0 radical (unpaired) electrons. The molecule has 21 heavy (non-hydrogen) atoms. The molecule has 2 aromatic rings. The molecule has 0 aliphatic carbocycles. The van der Waals surface area contributed by atoms with E-state index in [1.54, 1.807) is 9.58 Å². The Kier molecular flexibility index (Phi) is 4.62. The normalized spacial score (nSPS) is 10.6. The number of nitrogen functional groups attached to an aromatic ring is 1. The van der Waals surface area contributed by atoms with E-state index in [2.05, 4.69) is 5.10 Å². The number of benzene rings is 1. The van der Waals surface area contributed by atoms with Crippen molar-refractivity contribution in [2.24, 2.45) is 0 Å². The van der Waals surface area contributed by atoms with E-state index < -0.39 is 0 Å². The van der Waals surface area contributed by atoms with Gasteiger partial charge in [-0.2, -0.15) is 5.10 Å². The minimum atomic E-state index is -0.0682. The molecule has 0 saturated carbocycles. The quantitative estimate of drug-likeness (QED) is 0.918. The molecule has 2 N–H and O–H groups in total. The highest BCUT2D eigenvalue weighted by Gasteiger charge is 2.23. The summed E-state index contributed by atoms with van der Waals surface area (Å²) < 4.78 is 1.68. The number of aromatic nitrogens is 2. The number of anilines is 1. The summed E-state index contributed by atoms with van der Waals surface area (Å²) in [7, 11) is 0. The number of nitrogens with two attached hydrogens (primary N) is 1. The molecule has 1 heterocycles. The predicted octanol–water partition coefficient (Wildman–Crippen LogP) is 2.46. The van der Waals surface area contributed by atoms with Crippen molar-refractivity contribution in [2.75, 3.05) is 12.3 Å². The van der Waals surface area contributed by atoms with Gasteiger partial charge in [0.15, 0.2) is 0 Å². The van der Waals surface area contributed by atoms with Crippen molar-refractivity contribution in [1.82, 2.24) is 14.7 Å². The molecule has 1 aromatic heterocycles. The lowest BCUT2D eigenvalue weighted by atomic mass is 10.2. The Hall–Kier alpha value is -2.30. The van der Waals surface area contributed by atoms with Crippen molar-refractivity contribution in [1.29, 1.82) is 0 Å². The van der Waals surface area contributed by atoms with Gasteiger partial charge in [-0.3, -0.25) is 9.48 Å². The van der Waals surface area contributed by atoms with Gasteiger partial charge in [-0.15, -0.1) is 0 Å². The summed E-state index contributed by atoms with van der Waals surface area (Å²) in [6.07, 6.45) is 0. The first-order valence-electron chi connectivity index (χ1n) is 7.24. The molecule has 0 fully saturated rings. The molecule has 0 bridgehead atoms. The number of aryl methyl sites for hydroxylation is 2. The van der Waals surface area contributed by atoms with Gasteiger partial charge in [-0.25, -0.2) is 0 Å². The average molecular weight is 286 g/mol. The highest BCUT2D eigenvalue weighted by Crippen LogP contribution is 2.19. The molecule has 1 amide bonds. The number of rotatable bonds is 5. The van der Waals surface area contributed by atoms with Crippen LogP contribution in [0.1, 0.15) is 35.6 Å². The molecule has 0 spiro atoms. The number of hydrogen-bond donors (Lipinski definition) is 1. The summed E-state index contributed by atoms with van der Waals surface area (Å²) in [5.41, 5.74) is 8.82. The molecule has 1 aromatic carbocycles. The first-order chi connectivity index (χ1) is 10.1. The molecule has 0 saturated heterocycles. The van der Waals surface area contributed by atoms with Gasteiger partial charge in [0.05, 0.1) is 11.4 Å². The van der Waals surface area contributed by atoms with Crippen LogP contribution < -0.4 is 5.73 Å². The lowest BCUT2D eigenvalue weighted by molar-refractivity contribution is 0.0741. The van der Waals surface area contributed by atoms with Crippen molar-refractivity contribution in [3.05, 3.63) is 47.3 Å². The van der Waals surface area contributed by atoms with Gasteiger partial charge in [-0.1, -0.05) is 30.3 Å². The SMILES string of the molecule is CCN(Cc1ccccc1)C(=O)c1c(N)c(C)nn1CC. The molecule has 5 nitrogen and oxygen atoms in total. The van der Waals surface area contributed by atoms with E-state index in [-0.39, 0.29) is 5.91 Å². The summed E-state index contributed by atoms with van der Waals surface area (Å²) in [6.45, 7) is 7.57. The summed E-state index contributed by atoms with van der Waals surface area (Å²) >= 11 is 0. The van der Waals surface area contributed by atoms with Crippen LogP contribution in [0, 0.1) is 6.92 Å². The Balaban J connectivity index is 2.28. The monoisotopic (exact) mass is 286 g/mol. The van der Waals surface area contributed by atoms with Crippen LogP contribution in [-0.2, 0) is 13.1 Å². The second-order valence-electron chi connectivity index (χ2n) is 4.97. The third-order valence-corrected chi connectivity index (χ3v) is 3.56. The second kappa shape index (κ2) is 6.43. The van der Waals surface area contributed by atoms with Gasteiger partial charge < -0.3 is 10.6 Å². The Labute approximate surface area is 125 Å². The number of carbonyl (C=O) groups excluding carboxylic acids is 1. The lowest BCUT2D eigenvalue weighted by Gasteiger charge is -2.21. The van der Waals surface area contributed by atoms with Crippen molar-refractivity contribution < 1.29 is 4.79 Å². The van der Waals surface area contributed by atoms with E-state index in [0.717, 1.165) is 5.56 Å². The zero-order chi connectivity index (χ0) is 15.4. The fraction of sp³-hybridized carbons (Fsp3) is 0.375. The number of amides is 1. The van der Waals surface area contributed by atoms with Crippen molar-refractivity contribution in [3.8, 4) is 0 Å². The number of hydrogen-bond acceptors (Lipinski definition) is 3. The van der Waals surface area contributed by atoms with Crippen molar-refractivity contribution in [3.63, 3.8) is 0 Å². The van der Waals surface area contributed by atoms with Crippen molar-refractivity contribution in [2.45, 2.75) is 33.9 Å². The second-order valence-corrected chi connectivity index (χ2v) is 4.97. The minimum absolute atomic E-state index is 0.0682. The van der Waals surface area contributed by atoms with E-state index in [4.69, 9.17) is 5.73 Å². The van der Waals surface area contributed by atoms with Crippen LogP contribution in [-0.4, -0.2) is 27.1 Å². The van der Waals surface area contributed by atoms with Gasteiger partial charge in [0.2, 0.25) is 0 Å². The summed E-state index contributed by atoms with van der Waals surface area (Å²) in [6, 6.07) is 9.95. The third kappa shape index (κ3) is 3.07. The van der Waals surface area contributed by atoms with Crippen LogP contribution in [0.3, 0.4) is 0 Å². The fourth-order valence-electron chi connectivity index (χ4n) is 2.33. The van der Waals surface area contributed by atoms with Gasteiger partial charge >= 0.3 is 0 Å². The van der Waals surface area contributed by atoms with Crippen LogP contribution in [0.2, 0.25) is 0 Å². The maximum atomic E-state index is 12.8. The Morgan fingerprint density at radius 2 is 1.95 bits per heavy atom. The van der Waals surface area contributed by atoms with Gasteiger partial charge in [0, 0.05) is 19.6 Å². The van der Waals surface area contributed by atoms with Crippen LogP contribution in [0.5, 0.6) is 0 Å². The molecular weight excluding hydrogens is 264 g/mol. The zero-order valence-electron chi connectivity index (χ0n) is 12.8. The highest BCUT2D eigenvalue weighted by molar-refractivity contribution is 5.98. The number of carbonyl (C=O) groups is 1. The first-order valence-corrected chi connectivity index (χ1v) is 7.24. The van der Waals surface area contributed by atoms with E-state index in [0.29, 0.717) is 36.7 Å². The Bertz CT molecular complexity index is 619.